The minimum atomic E-state index is 0. The number of rotatable bonds is 5. The van der Waals surface area contributed by atoms with Crippen LogP contribution >= 0.6 is 12.4 Å². The number of H-pyrrole nitrogens is 1. The van der Waals surface area contributed by atoms with E-state index in [1.54, 1.807) is 6.20 Å². The number of aromatic amines is 1. The number of aromatic nitrogens is 2. The van der Waals surface area contributed by atoms with Crippen LogP contribution in [0, 0.1) is 0 Å². The Morgan fingerprint density at radius 3 is 2.80 bits per heavy atom. The maximum absolute atomic E-state index is 8.96. The van der Waals surface area contributed by atoms with Crippen molar-refractivity contribution in [2.75, 3.05) is 6.61 Å². The van der Waals surface area contributed by atoms with E-state index in [4.69, 9.17) is 5.11 Å². The van der Waals surface area contributed by atoms with Crippen molar-refractivity contribution in [1.29, 1.82) is 0 Å². The summed E-state index contributed by atoms with van der Waals surface area (Å²) in [7, 11) is 0. The Morgan fingerprint density at radius 2 is 2.33 bits per heavy atom. The van der Waals surface area contributed by atoms with Gasteiger partial charge in [0, 0.05) is 30.6 Å². The summed E-state index contributed by atoms with van der Waals surface area (Å²) in [6, 6.07) is 1.97. The van der Waals surface area contributed by atoms with Gasteiger partial charge in [0.1, 0.15) is 0 Å². The lowest BCUT2D eigenvalue weighted by molar-refractivity contribution is 0.129. The second-order valence-corrected chi connectivity index (χ2v) is 4.04. The molecule has 0 aliphatic heterocycles. The second-order valence-electron chi connectivity index (χ2n) is 4.04. The van der Waals surface area contributed by atoms with Gasteiger partial charge in [0.2, 0.25) is 0 Å². The van der Waals surface area contributed by atoms with Crippen LogP contribution in [0.2, 0.25) is 0 Å². The van der Waals surface area contributed by atoms with Gasteiger partial charge < -0.3 is 10.4 Å². The quantitative estimate of drug-likeness (QED) is 0.714. The van der Waals surface area contributed by atoms with E-state index in [-0.39, 0.29) is 24.6 Å². The maximum atomic E-state index is 8.96. The highest BCUT2D eigenvalue weighted by Crippen LogP contribution is 2.34. The second kappa shape index (κ2) is 5.49. The largest absolute Gasteiger partial charge is 0.396 e. The molecule has 15 heavy (non-hydrogen) atoms. The zero-order valence-corrected chi connectivity index (χ0v) is 9.52. The SMILES string of the molecule is Cl.OCCC1(NCc2ccn[nH]2)CCC1. The van der Waals surface area contributed by atoms with Crippen molar-refractivity contribution in [2.24, 2.45) is 0 Å². The summed E-state index contributed by atoms with van der Waals surface area (Å²) in [5.74, 6) is 0. The van der Waals surface area contributed by atoms with Gasteiger partial charge in [-0.25, -0.2) is 0 Å². The molecule has 1 fully saturated rings. The minimum Gasteiger partial charge on any atom is -0.396 e. The molecule has 0 amide bonds. The van der Waals surface area contributed by atoms with E-state index >= 15 is 0 Å². The van der Waals surface area contributed by atoms with Crippen LogP contribution in [0.5, 0.6) is 0 Å². The number of hydrogen-bond donors (Lipinski definition) is 3. The Morgan fingerprint density at radius 1 is 1.53 bits per heavy atom. The smallest absolute Gasteiger partial charge is 0.0490 e. The zero-order valence-electron chi connectivity index (χ0n) is 8.70. The molecular weight excluding hydrogens is 214 g/mol. The fourth-order valence-electron chi connectivity index (χ4n) is 2.00. The van der Waals surface area contributed by atoms with E-state index in [1.807, 2.05) is 6.07 Å². The molecule has 86 valence electrons. The van der Waals surface area contributed by atoms with Crippen molar-refractivity contribution < 1.29 is 5.11 Å². The Bertz CT molecular complexity index is 272. The molecule has 1 heterocycles. The Balaban J connectivity index is 0.00000112. The van der Waals surface area contributed by atoms with Gasteiger partial charge in [-0.1, -0.05) is 0 Å². The van der Waals surface area contributed by atoms with E-state index in [0.717, 1.165) is 18.7 Å². The van der Waals surface area contributed by atoms with E-state index < -0.39 is 0 Å². The topological polar surface area (TPSA) is 60.9 Å². The zero-order chi connectivity index (χ0) is 9.86. The van der Waals surface area contributed by atoms with E-state index in [9.17, 15) is 0 Å². The first-order chi connectivity index (χ1) is 6.85. The molecule has 0 aromatic carbocycles. The molecule has 1 aliphatic rings. The average molecular weight is 232 g/mol. The van der Waals surface area contributed by atoms with Gasteiger partial charge in [-0.15, -0.1) is 12.4 Å². The van der Waals surface area contributed by atoms with Crippen LogP contribution in [0.25, 0.3) is 0 Å². The standard InChI is InChI=1S/C10H17N3O.ClH/c14-7-5-10(3-1-4-10)11-8-9-2-6-12-13-9;/h2,6,11,14H,1,3-5,7-8H2,(H,12,13);1H. The van der Waals surface area contributed by atoms with Gasteiger partial charge in [-0.05, 0) is 31.7 Å². The Hall–Kier alpha value is -0.580. The van der Waals surface area contributed by atoms with Crippen molar-refractivity contribution >= 4 is 12.4 Å². The number of hydrogen-bond acceptors (Lipinski definition) is 3. The molecule has 1 aromatic rings. The molecule has 1 saturated carbocycles. The van der Waals surface area contributed by atoms with Crippen molar-refractivity contribution in [3.63, 3.8) is 0 Å². The molecule has 0 atom stereocenters. The molecule has 1 aliphatic carbocycles. The van der Waals surface area contributed by atoms with Crippen LogP contribution in [-0.4, -0.2) is 27.4 Å². The molecule has 4 nitrogen and oxygen atoms in total. The predicted octanol–water partition coefficient (Wildman–Crippen LogP) is 1.23. The molecule has 0 radical (unpaired) electrons. The summed E-state index contributed by atoms with van der Waals surface area (Å²) in [6.45, 7) is 1.09. The molecule has 0 spiro atoms. The molecule has 0 bridgehead atoms. The van der Waals surface area contributed by atoms with Crippen molar-refractivity contribution in [3.8, 4) is 0 Å². The third-order valence-electron chi connectivity index (χ3n) is 3.11. The van der Waals surface area contributed by atoms with Crippen molar-refractivity contribution in [2.45, 2.75) is 37.8 Å². The maximum Gasteiger partial charge on any atom is 0.0490 e. The fourth-order valence-corrected chi connectivity index (χ4v) is 2.00. The monoisotopic (exact) mass is 231 g/mol. The lowest BCUT2D eigenvalue weighted by Gasteiger charge is -2.42. The molecule has 0 unspecified atom stereocenters. The molecule has 2 rings (SSSR count). The fraction of sp³-hybridized carbons (Fsp3) is 0.700. The van der Waals surface area contributed by atoms with Gasteiger partial charge in [0.05, 0.1) is 0 Å². The van der Waals surface area contributed by atoms with Crippen LogP contribution in [-0.2, 0) is 6.54 Å². The highest BCUT2D eigenvalue weighted by molar-refractivity contribution is 5.85. The first-order valence-corrected chi connectivity index (χ1v) is 5.19. The van der Waals surface area contributed by atoms with Crippen LogP contribution in [0.15, 0.2) is 12.3 Å². The number of nitrogens with zero attached hydrogens (tertiary/aromatic N) is 1. The van der Waals surface area contributed by atoms with Gasteiger partial charge in [0.15, 0.2) is 0 Å². The van der Waals surface area contributed by atoms with Gasteiger partial charge in [0.25, 0.3) is 0 Å². The van der Waals surface area contributed by atoms with Crippen molar-refractivity contribution in [1.82, 2.24) is 15.5 Å². The van der Waals surface area contributed by atoms with Gasteiger partial charge in [-0.2, -0.15) is 5.10 Å². The lowest BCUT2D eigenvalue weighted by atomic mass is 9.74. The summed E-state index contributed by atoms with van der Waals surface area (Å²) in [5, 5.41) is 19.3. The van der Waals surface area contributed by atoms with E-state index in [2.05, 4.69) is 15.5 Å². The summed E-state index contributed by atoms with van der Waals surface area (Å²) in [4.78, 5) is 0. The third kappa shape index (κ3) is 2.93. The highest BCUT2D eigenvalue weighted by atomic mass is 35.5. The molecule has 1 aromatic heterocycles. The van der Waals surface area contributed by atoms with Crippen LogP contribution in [0.1, 0.15) is 31.4 Å². The summed E-state index contributed by atoms with van der Waals surface area (Å²) in [6.07, 6.45) is 6.26. The van der Waals surface area contributed by atoms with Crippen LogP contribution in [0.4, 0.5) is 0 Å². The molecule has 0 saturated heterocycles. The molecular formula is C10H18ClN3O. The number of halogens is 1. The van der Waals surface area contributed by atoms with Crippen LogP contribution in [0.3, 0.4) is 0 Å². The minimum absolute atomic E-state index is 0. The Kier molecular flexibility index (Phi) is 4.57. The van der Waals surface area contributed by atoms with Gasteiger partial charge >= 0.3 is 0 Å². The van der Waals surface area contributed by atoms with Crippen LogP contribution < -0.4 is 5.32 Å². The predicted molar refractivity (Wildman–Crippen MR) is 61.0 cm³/mol. The first kappa shape index (κ1) is 12.5. The molecule has 5 heteroatoms. The summed E-state index contributed by atoms with van der Waals surface area (Å²) >= 11 is 0. The summed E-state index contributed by atoms with van der Waals surface area (Å²) < 4.78 is 0. The molecule has 3 N–H and O–H groups in total. The Labute approximate surface area is 95.9 Å². The van der Waals surface area contributed by atoms with Crippen molar-refractivity contribution in [3.05, 3.63) is 18.0 Å². The average Bonchev–Trinajstić information content (AvgIpc) is 2.62. The summed E-state index contributed by atoms with van der Waals surface area (Å²) in [5.41, 5.74) is 1.30. The highest BCUT2D eigenvalue weighted by Gasteiger charge is 2.35. The van der Waals surface area contributed by atoms with Gasteiger partial charge in [-0.3, -0.25) is 5.10 Å². The first-order valence-electron chi connectivity index (χ1n) is 5.19. The lowest BCUT2D eigenvalue weighted by Crippen LogP contribution is -2.51. The third-order valence-corrected chi connectivity index (χ3v) is 3.11. The normalized spacial score (nSPS) is 17.9. The number of nitrogens with one attached hydrogen (secondary N) is 2. The number of aliphatic hydroxyl groups is 1. The van der Waals surface area contributed by atoms with E-state index in [1.165, 1.54) is 19.3 Å². The van der Waals surface area contributed by atoms with E-state index in [0.29, 0.717) is 0 Å². The number of aliphatic hydroxyl groups excluding tert-OH is 1.